The number of nitrogens with one attached hydrogen (secondary N) is 1. The number of hydrogen-bond acceptors (Lipinski definition) is 6. The summed E-state index contributed by atoms with van der Waals surface area (Å²) in [6, 6.07) is 6.76. The van der Waals surface area contributed by atoms with Crippen molar-refractivity contribution in [3.8, 4) is 11.8 Å². The van der Waals surface area contributed by atoms with Crippen molar-refractivity contribution >= 4 is 22.5 Å². The second-order valence-electron chi connectivity index (χ2n) is 9.26. The van der Waals surface area contributed by atoms with Gasteiger partial charge in [-0.25, -0.2) is 19.5 Å². The van der Waals surface area contributed by atoms with Gasteiger partial charge in [-0.15, -0.1) is 0 Å². The molecule has 4 heterocycles. The number of hydrogen-bond donors (Lipinski definition) is 1. The zero-order valence-corrected chi connectivity index (χ0v) is 20.6. The number of aromatic nitrogens is 7. The third-order valence-corrected chi connectivity index (χ3v) is 6.54. The topological polar surface area (TPSA) is 112 Å². The molecule has 6 rings (SSSR count). The molecule has 10 heteroatoms. The lowest BCUT2D eigenvalue weighted by Gasteiger charge is -2.19. The fourth-order valence-corrected chi connectivity index (χ4v) is 4.56. The summed E-state index contributed by atoms with van der Waals surface area (Å²) in [6.45, 7) is 3.61. The Bertz CT molecular complexity index is 1810. The van der Waals surface area contributed by atoms with Gasteiger partial charge in [0.25, 0.3) is 11.5 Å². The first-order valence-electron chi connectivity index (χ1n) is 12.1. The lowest BCUT2D eigenvalue weighted by atomic mass is 10.1. The van der Waals surface area contributed by atoms with E-state index in [4.69, 9.17) is 4.98 Å². The molecule has 0 saturated heterocycles. The highest BCUT2D eigenvalue weighted by Gasteiger charge is 2.31. The standard InChI is InChI=1S/C27H24N8O2/c1-16-22(25-29-12-5-13-34(25)32-16)26(36)30-17(2)24-31-21-7-4-6-18(8-9-20-14-28-15-33(20)3)23(21)27(37)35(24)19-10-11-19/h4-7,12-15,17,19H,10-11H2,1-3H3,(H,30,36)/t17-/m0/s1. The maximum Gasteiger partial charge on any atom is 0.262 e. The van der Waals surface area contributed by atoms with Crippen LogP contribution >= 0.6 is 0 Å². The first kappa shape index (κ1) is 22.7. The van der Waals surface area contributed by atoms with Crippen LogP contribution in [-0.2, 0) is 7.05 Å². The van der Waals surface area contributed by atoms with Gasteiger partial charge in [-0.3, -0.25) is 14.2 Å². The molecule has 5 aromatic rings. The quantitative estimate of drug-likeness (QED) is 0.386. The average molecular weight is 493 g/mol. The van der Waals surface area contributed by atoms with E-state index in [0.29, 0.717) is 39.2 Å². The first-order chi connectivity index (χ1) is 17.9. The molecular weight excluding hydrogens is 468 g/mol. The van der Waals surface area contributed by atoms with Crippen LogP contribution < -0.4 is 10.9 Å². The van der Waals surface area contributed by atoms with Crippen LogP contribution in [0, 0.1) is 18.8 Å². The molecule has 1 amide bonds. The summed E-state index contributed by atoms with van der Waals surface area (Å²) in [6.07, 6.45) is 8.52. The number of benzene rings is 1. The SMILES string of the molecule is Cc1nn2cccnc2c1C(=O)N[C@@H](C)c1nc2cccc(C#Cc3cncn3C)c2c(=O)n1C1CC1. The number of rotatable bonds is 4. The molecule has 1 aliphatic rings. The Morgan fingerprint density at radius 3 is 2.81 bits per heavy atom. The predicted octanol–water partition coefficient (Wildman–Crippen LogP) is 2.71. The van der Waals surface area contributed by atoms with Crippen molar-refractivity contribution in [2.75, 3.05) is 0 Å². The summed E-state index contributed by atoms with van der Waals surface area (Å²) in [4.78, 5) is 40.4. The summed E-state index contributed by atoms with van der Waals surface area (Å²) in [5.74, 6) is 6.43. The molecule has 0 unspecified atom stereocenters. The van der Waals surface area contributed by atoms with Crippen molar-refractivity contribution in [2.45, 2.75) is 38.8 Å². The van der Waals surface area contributed by atoms with Crippen molar-refractivity contribution in [3.63, 3.8) is 0 Å². The Morgan fingerprint density at radius 2 is 2.05 bits per heavy atom. The molecule has 1 fully saturated rings. The molecule has 1 saturated carbocycles. The van der Waals surface area contributed by atoms with Crippen LogP contribution in [0.4, 0.5) is 0 Å². The van der Waals surface area contributed by atoms with Gasteiger partial charge in [-0.1, -0.05) is 12.0 Å². The van der Waals surface area contributed by atoms with Gasteiger partial charge in [-0.05, 0) is 50.8 Å². The lowest BCUT2D eigenvalue weighted by Crippen LogP contribution is -2.34. The van der Waals surface area contributed by atoms with Crippen LogP contribution in [0.3, 0.4) is 0 Å². The fourth-order valence-electron chi connectivity index (χ4n) is 4.56. The maximum atomic E-state index is 13.8. The van der Waals surface area contributed by atoms with E-state index < -0.39 is 6.04 Å². The van der Waals surface area contributed by atoms with Crippen molar-refractivity contribution in [1.29, 1.82) is 0 Å². The molecule has 4 aromatic heterocycles. The normalized spacial score (nSPS) is 13.9. The van der Waals surface area contributed by atoms with Crippen molar-refractivity contribution < 1.29 is 4.79 Å². The van der Waals surface area contributed by atoms with Gasteiger partial charge in [0.1, 0.15) is 17.1 Å². The Balaban J connectivity index is 1.41. The second kappa shape index (κ2) is 8.71. The zero-order chi connectivity index (χ0) is 25.7. The first-order valence-corrected chi connectivity index (χ1v) is 12.1. The average Bonchev–Trinajstić information content (AvgIpc) is 3.54. The van der Waals surface area contributed by atoms with Crippen LogP contribution in [0.1, 0.15) is 65.0 Å². The highest BCUT2D eigenvalue weighted by molar-refractivity contribution is 6.01. The highest BCUT2D eigenvalue weighted by atomic mass is 16.2. The third kappa shape index (κ3) is 3.94. The van der Waals surface area contributed by atoms with Gasteiger partial charge in [0, 0.05) is 31.0 Å². The van der Waals surface area contributed by atoms with Gasteiger partial charge in [0.2, 0.25) is 0 Å². The van der Waals surface area contributed by atoms with E-state index in [1.165, 1.54) is 0 Å². The minimum atomic E-state index is -0.521. The largest absolute Gasteiger partial charge is 0.342 e. The summed E-state index contributed by atoms with van der Waals surface area (Å²) < 4.78 is 5.13. The van der Waals surface area contributed by atoms with E-state index in [-0.39, 0.29) is 17.5 Å². The number of fused-ring (bicyclic) bond motifs is 2. The lowest BCUT2D eigenvalue weighted by molar-refractivity contribution is 0.0938. The van der Waals surface area contributed by atoms with E-state index in [2.05, 4.69) is 32.2 Å². The van der Waals surface area contributed by atoms with E-state index in [1.807, 2.05) is 30.7 Å². The molecule has 1 N–H and O–H groups in total. The van der Waals surface area contributed by atoms with Gasteiger partial charge in [0.05, 0.1) is 35.2 Å². The summed E-state index contributed by atoms with van der Waals surface area (Å²) in [5.41, 5.74) is 3.22. The number of amides is 1. The van der Waals surface area contributed by atoms with Gasteiger partial charge < -0.3 is 9.88 Å². The Kier molecular flexibility index (Phi) is 5.34. The van der Waals surface area contributed by atoms with Crippen molar-refractivity contribution in [1.82, 2.24) is 39.0 Å². The van der Waals surface area contributed by atoms with Gasteiger partial charge >= 0.3 is 0 Å². The van der Waals surface area contributed by atoms with Crippen molar-refractivity contribution in [2.24, 2.45) is 7.05 Å². The predicted molar refractivity (Wildman–Crippen MR) is 137 cm³/mol. The number of imidazole rings is 1. The zero-order valence-electron chi connectivity index (χ0n) is 20.6. The minimum absolute atomic E-state index is 0.0530. The molecular formula is C27H24N8O2. The summed E-state index contributed by atoms with van der Waals surface area (Å²) >= 11 is 0. The summed E-state index contributed by atoms with van der Waals surface area (Å²) in [7, 11) is 1.87. The fraction of sp³-hybridized carbons (Fsp3) is 0.259. The molecule has 1 aromatic carbocycles. The van der Waals surface area contributed by atoms with Gasteiger partial charge in [0.15, 0.2) is 5.65 Å². The molecule has 184 valence electrons. The van der Waals surface area contributed by atoms with Crippen molar-refractivity contribution in [3.05, 3.63) is 87.9 Å². The van der Waals surface area contributed by atoms with E-state index >= 15 is 0 Å². The molecule has 0 spiro atoms. The smallest absolute Gasteiger partial charge is 0.262 e. The van der Waals surface area contributed by atoms with E-state index in [0.717, 1.165) is 18.5 Å². The highest BCUT2D eigenvalue weighted by Crippen LogP contribution is 2.36. The summed E-state index contributed by atoms with van der Waals surface area (Å²) in [5, 5.41) is 7.88. The molecule has 37 heavy (non-hydrogen) atoms. The number of carbonyl (C=O) groups is 1. The molecule has 1 aliphatic carbocycles. The van der Waals surface area contributed by atoms with Crippen LogP contribution in [0.2, 0.25) is 0 Å². The number of aryl methyl sites for hydroxylation is 2. The number of carbonyl (C=O) groups excluding carboxylic acids is 1. The molecule has 1 atom stereocenters. The monoisotopic (exact) mass is 492 g/mol. The molecule has 0 aliphatic heterocycles. The Morgan fingerprint density at radius 1 is 1.22 bits per heavy atom. The van der Waals surface area contributed by atoms with E-state index in [1.54, 1.807) is 53.1 Å². The molecule has 10 nitrogen and oxygen atoms in total. The molecule has 0 bridgehead atoms. The number of nitrogens with zero attached hydrogens (tertiary/aromatic N) is 7. The third-order valence-electron chi connectivity index (χ3n) is 6.54. The molecule has 0 radical (unpaired) electrons. The second-order valence-corrected chi connectivity index (χ2v) is 9.26. The maximum absolute atomic E-state index is 13.8. The Labute approximate surface area is 212 Å². The Hall–Kier alpha value is -4.78. The van der Waals surface area contributed by atoms with Crippen LogP contribution in [0.5, 0.6) is 0 Å². The van der Waals surface area contributed by atoms with Crippen LogP contribution in [0.25, 0.3) is 16.6 Å². The van der Waals surface area contributed by atoms with E-state index in [9.17, 15) is 9.59 Å². The minimum Gasteiger partial charge on any atom is -0.342 e. The van der Waals surface area contributed by atoms with Crippen LogP contribution in [0.15, 0.2) is 54.0 Å². The van der Waals surface area contributed by atoms with Crippen LogP contribution in [-0.4, -0.2) is 39.6 Å². The van der Waals surface area contributed by atoms with Gasteiger partial charge in [-0.2, -0.15) is 5.10 Å².